The van der Waals surface area contributed by atoms with Gasteiger partial charge in [0.05, 0.1) is 24.9 Å². The Hall–Kier alpha value is -2.55. The monoisotopic (exact) mass is 412 g/mol. The van der Waals surface area contributed by atoms with Crippen LogP contribution in [0.2, 0.25) is 0 Å². The first-order valence-corrected chi connectivity index (χ1v) is 10.6. The summed E-state index contributed by atoms with van der Waals surface area (Å²) in [5.41, 5.74) is 1.73. The molecule has 0 aliphatic carbocycles. The Balaban J connectivity index is 1.38. The van der Waals surface area contributed by atoms with Crippen LogP contribution in [0.25, 0.3) is 10.2 Å². The minimum atomic E-state index is -0.250. The van der Waals surface area contributed by atoms with Gasteiger partial charge in [-0.25, -0.2) is 4.98 Å². The lowest BCUT2D eigenvalue weighted by molar-refractivity contribution is -0.116. The van der Waals surface area contributed by atoms with Gasteiger partial charge in [0.1, 0.15) is 11.4 Å². The van der Waals surface area contributed by atoms with E-state index in [2.05, 4.69) is 15.2 Å². The summed E-state index contributed by atoms with van der Waals surface area (Å²) in [6.07, 6.45) is 2.31. The number of fused-ring (bicyclic) bond motifs is 1. The van der Waals surface area contributed by atoms with Gasteiger partial charge in [0.15, 0.2) is 0 Å². The van der Waals surface area contributed by atoms with E-state index in [0.29, 0.717) is 11.1 Å². The van der Waals surface area contributed by atoms with Gasteiger partial charge in [-0.1, -0.05) is 19.1 Å². The number of nitrogens with one attached hydrogen (secondary N) is 1. The number of carbonyl (C=O) groups excluding carboxylic acids is 1. The van der Waals surface area contributed by atoms with Crippen LogP contribution in [0.5, 0.6) is 0 Å². The van der Waals surface area contributed by atoms with Crippen molar-refractivity contribution in [1.82, 2.24) is 14.5 Å². The lowest BCUT2D eigenvalue weighted by atomic mass is 10.2. The number of rotatable bonds is 6. The molecule has 0 radical (unpaired) electrons. The third-order valence-corrected chi connectivity index (χ3v) is 6.17. The summed E-state index contributed by atoms with van der Waals surface area (Å²) in [5.74, 6) is -0.250. The van der Waals surface area contributed by atoms with Crippen molar-refractivity contribution in [1.29, 1.82) is 0 Å². The lowest BCUT2D eigenvalue weighted by Crippen LogP contribution is -2.35. The zero-order valence-corrected chi connectivity index (χ0v) is 17.2. The van der Waals surface area contributed by atoms with E-state index in [1.807, 2.05) is 37.3 Å². The first-order valence-electron chi connectivity index (χ1n) is 9.79. The molecule has 29 heavy (non-hydrogen) atoms. The molecule has 4 rings (SSSR count). The quantitative estimate of drug-likeness (QED) is 0.673. The Labute approximate surface area is 172 Å². The van der Waals surface area contributed by atoms with Crippen molar-refractivity contribution in [2.75, 3.05) is 31.6 Å². The molecule has 0 atom stereocenters. The second kappa shape index (κ2) is 8.86. The molecule has 2 aromatic heterocycles. The number of anilines is 1. The van der Waals surface area contributed by atoms with Crippen molar-refractivity contribution < 1.29 is 9.53 Å². The van der Waals surface area contributed by atoms with Gasteiger partial charge in [-0.2, -0.15) is 0 Å². The minimum absolute atomic E-state index is 0.0609. The van der Waals surface area contributed by atoms with Crippen LogP contribution in [-0.2, 0) is 29.0 Å². The highest BCUT2D eigenvalue weighted by atomic mass is 32.1. The molecule has 8 heteroatoms. The number of hydrogen-bond donors (Lipinski definition) is 1. The molecule has 1 amide bonds. The molecule has 1 N–H and O–H groups in total. The number of hydrogen-bond acceptors (Lipinski definition) is 6. The molecule has 1 saturated heterocycles. The second-order valence-electron chi connectivity index (χ2n) is 7.10. The van der Waals surface area contributed by atoms with Gasteiger partial charge in [0, 0.05) is 30.2 Å². The van der Waals surface area contributed by atoms with Crippen LogP contribution in [0.3, 0.4) is 0 Å². The molecular weight excluding hydrogens is 388 g/mol. The molecule has 1 aliphatic rings. The van der Waals surface area contributed by atoms with Crippen molar-refractivity contribution in [2.24, 2.45) is 0 Å². The summed E-state index contributed by atoms with van der Waals surface area (Å²) in [6.45, 7) is 6.29. The fourth-order valence-corrected chi connectivity index (χ4v) is 4.29. The predicted molar refractivity (Wildman–Crippen MR) is 114 cm³/mol. The average Bonchev–Trinajstić information content (AvgIpc) is 3.17. The van der Waals surface area contributed by atoms with Crippen LogP contribution in [-0.4, -0.2) is 46.7 Å². The first-order chi connectivity index (χ1) is 14.1. The summed E-state index contributed by atoms with van der Waals surface area (Å²) < 4.78 is 6.73. The Morgan fingerprint density at radius 3 is 2.72 bits per heavy atom. The Kier molecular flexibility index (Phi) is 6.03. The van der Waals surface area contributed by atoms with Crippen LogP contribution in [0.15, 0.2) is 41.5 Å². The molecule has 1 aromatic carbocycles. The van der Waals surface area contributed by atoms with Crippen molar-refractivity contribution in [2.45, 2.75) is 26.4 Å². The highest BCUT2D eigenvalue weighted by Crippen LogP contribution is 2.21. The van der Waals surface area contributed by atoms with Crippen LogP contribution in [0.4, 0.5) is 5.69 Å². The average molecular weight is 413 g/mol. The maximum absolute atomic E-state index is 12.6. The van der Waals surface area contributed by atoms with Gasteiger partial charge in [0.2, 0.25) is 5.91 Å². The number of ether oxygens (including phenoxy) is 1. The fraction of sp³-hybridized carbons (Fsp3) is 0.381. The molecule has 0 unspecified atom stereocenters. The Bertz CT molecular complexity index is 1050. The second-order valence-corrected chi connectivity index (χ2v) is 8.21. The number of amides is 1. The Morgan fingerprint density at radius 2 is 2.00 bits per heavy atom. The number of aromatic nitrogens is 2. The van der Waals surface area contributed by atoms with Crippen LogP contribution in [0, 0.1) is 0 Å². The van der Waals surface area contributed by atoms with E-state index in [1.165, 1.54) is 27.8 Å². The lowest BCUT2D eigenvalue weighted by Gasteiger charge is -2.26. The summed E-state index contributed by atoms with van der Waals surface area (Å²) in [5, 5.41) is 3.43. The third kappa shape index (κ3) is 4.72. The number of aryl methyl sites for hydroxylation is 1. The van der Waals surface area contributed by atoms with Crippen LogP contribution >= 0.6 is 11.3 Å². The van der Waals surface area contributed by atoms with Crippen molar-refractivity contribution >= 4 is 33.1 Å². The molecule has 3 heterocycles. The molecule has 0 bridgehead atoms. The maximum Gasteiger partial charge on any atom is 0.262 e. The van der Waals surface area contributed by atoms with E-state index < -0.39 is 0 Å². The molecule has 3 aromatic rings. The number of benzene rings is 1. The van der Waals surface area contributed by atoms with E-state index >= 15 is 0 Å². The van der Waals surface area contributed by atoms with Crippen molar-refractivity contribution in [3.63, 3.8) is 0 Å². The van der Waals surface area contributed by atoms with Gasteiger partial charge in [-0.05, 0) is 30.2 Å². The predicted octanol–water partition coefficient (Wildman–Crippen LogP) is 2.49. The third-order valence-electron chi connectivity index (χ3n) is 4.98. The summed E-state index contributed by atoms with van der Waals surface area (Å²) in [6, 6.07) is 9.69. The highest BCUT2D eigenvalue weighted by Gasteiger charge is 2.12. The summed E-state index contributed by atoms with van der Waals surface area (Å²) in [4.78, 5) is 33.5. The van der Waals surface area contributed by atoms with Crippen LogP contribution < -0.4 is 10.9 Å². The standard InChI is InChI=1S/C21H24N4O3S/c1-2-17-11-18-20(29-17)22-14-25(21(18)27)13-19(26)23-16-5-3-15(4-6-16)12-24-7-9-28-10-8-24/h3-6,11,14H,2,7-10,12-13H2,1H3,(H,23,26). The minimum Gasteiger partial charge on any atom is -0.379 e. The molecule has 1 fully saturated rings. The molecule has 0 saturated carbocycles. The number of thiophene rings is 1. The topological polar surface area (TPSA) is 76.5 Å². The molecular formula is C21H24N4O3S. The number of carbonyl (C=O) groups is 1. The van der Waals surface area contributed by atoms with E-state index in [-0.39, 0.29) is 18.0 Å². The Morgan fingerprint density at radius 1 is 1.24 bits per heavy atom. The highest BCUT2D eigenvalue weighted by molar-refractivity contribution is 7.18. The zero-order valence-electron chi connectivity index (χ0n) is 16.4. The fourth-order valence-electron chi connectivity index (χ4n) is 3.36. The molecule has 7 nitrogen and oxygen atoms in total. The van der Waals surface area contributed by atoms with Crippen molar-refractivity contribution in [3.05, 3.63) is 57.5 Å². The zero-order chi connectivity index (χ0) is 20.2. The number of morpholine rings is 1. The summed E-state index contributed by atoms with van der Waals surface area (Å²) in [7, 11) is 0. The normalized spacial score (nSPS) is 14.9. The van der Waals surface area contributed by atoms with Gasteiger partial charge in [-0.15, -0.1) is 11.3 Å². The van der Waals surface area contributed by atoms with E-state index in [1.54, 1.807) is 0 Å². The maximum atomic E-state index is 12.6. The van der Waals surface area contributed by atoms with Crippen molar-refractivity contribution in [3.8, 4) is 0 Å². The molecule has 1 aliphatic heterocycles. The van der Waals surface area contributed by atoms with Gasteiger partial charge >= 0.3 is 0 Å². The van der Waals surface area contributed by atoms with Gasteiger partial charge < -0.3 is 10.1 Å². The SMILES string of the molecule is CCc1cc2c(=O)n(CC(=O)Nc3ccc(CN4CCOCC4)cc3)cnc2s1. The first kappa shape index (κ1) is 19.8. The smallest absolute Gasteiger partial charge is 0.262 e. The van der Waals surface area contributed by atoms with Gasteiger partial charge in [0.25, 0.3) is 5.56 Å². The number of nitrogens with zero attached hydrogens (tertiary/aromatic N) is 3. The van der Waals surface area contributed by atoms with Crippen LogP contribution in [0.1, 0.15) is 17.4 Å². The van der Waals surface area contributed by atoms with E-state index in [4.69, 9.17) is 4.74 Å². The molecule has 0 spiro atoms. The largest absolute Gasteiger partial charge is 0.379 e. The molecule has 152 valence electrons. The van der Waals surface area contributed by atoms with Gasteiger partial charge in [-0.3, -0.25) is 19.1 Å². The van der Waals surface area contributed by atoms with E-state index in [9.17, 15) is 9.59 Å². The summed E-state index contributed by atoms with van der Waals surface area (Å²) >= 11 is 1.52. The van der Waals surface area contributed by atoms with E-state index in [0.717, 1.165) is 49.0 Å².